The molecule has 1 N–H and O–H groups in total. The molecule has 20 heavy (non-hydrogen) atoms. The van der Waals surface area contributed by atoms with Gasteiger partial charge in [-0.15, -0.1) is 10.2 Å². The van der Waals surface area contributed by atoms with Gasteiger partial charge in [-0.2, -0.15) is 0 Å². The summed E-state index contributed by atoms with van der Waals surface area (Å²) in [7, 11) is 0. The summed E-state index contributed by atoms with van der Waals surface area (Å²) in [6.45, 7) is 5.47. The maximum Gasteiger partial charge on any atom is 0.230 e. The van der Waals surface area contributed by atoms with Crippen LogP contribution in [0.15, 0.2) is 28.7 Å². The van der Waals surface area contributed by atoms with Crippen molar-refractivity contribution in [3.8, 4) is 5.75 Å². The van der Waals surface area contributed by atoms with E-state index >= 15 is 0 Å². The Morgan fingerprint density at radius 2 is 2.10 bits per heavy atom. The third-order valence-electron chi connectivity index (χ3n) is 3.73. The first kappa shape index (κ1) is 13.1. The molecule has 2 heterocycles. The van der Waals surface area contributed by atoms with Crippen LogP contribution in [0.4, 0.5) is 0 Å². The molecule has 0 amide bonds. The van der Waals surface area contributed by atoms with Crippen LogP contribution in [-0.4, -0.2) is 22.8 Å². The number of para-hydroxylation sites is 1. The van der Waals surface area contributed by atoms with Gasteiger partial charge in [0, 0.05) is 23.9 Å². The lowest BCUT2D eigenvalue weighted by molar-refractivity contribution is 0.299. The van der Waals surface area contributed by atoms with Gasteiger partial charge in [0.15, 0.2) is 0 Å². The molecule has 1 aromatic carbocycles. The van der Waals surface area contributed by atoms with Crippen molar-refractivity contribution in [3.63, 3.8) is 0 Å². The average Bonchev–Trinajstić information content (AvgIpc) is 3.11. The maximum absolute atomic E-state index is 5.71. The zero-order chi connectivity index (χ0) is 13.9. The Labute approximate surface area is 118 Å². The van der Waals surface area contributed by atoms with E-state index in [4.69, 9.17) is 9.15 Å². The fourth-order valence-corrected chi connectivity index (χ4v) is 2.49. The van der Waals surface area contributed by atoms with Crippen molar-refractivity contribution in [1.29, 1.82) is 0 Å². The Hall–Kier alpha value is -1.88. The lowest BCUT2D eigenvalue weighted by Gasteiger charge is -2.18. The van der Waals surface area contributed by atoms with Gasteiger partial charge in [0.25, 0.3) is 0 Å². The number of hydrogen-bond donors (Lipinski definition) is 1. The highest BCUT2D eigenvalue weighted by atomic mass is 16.5. The minimum Gasteiger partial charge on any atom is -0.493 e. The van der Waals surface area contributed by atoms with Crippen LogP contribution in [-0.2, 0) is 13.0 Å². The highest BCUT2D eigenvalue weighted by molar-refractivity contribution is 5.40. The molecular weight excluding hydrogens is 254 g/mol. The number of fused-ring (bicyclic) bond motifs is 1. The second-order valence-electron chi connectivity index (χ2n) is 5.07. The van der Waals surface area contributed by atoms with E-state index in [1.54, 1.807) is 0 Å². The van der Waals surface area contributed by atoms with Crippen LogP contribution in [0, 0.1) is 0 Å². The van der Waals surface area contributed by atoms with E-state index in [9.17, 15) is 0 Å². The van der Waals surface area contributed by atoms with Gasteiger partial charge < -0.3 is 14.5 Å². The molecule has 0 aliphatic carbocycles. The molecule has 2 atom stereocenters. The van der Waals surface area contributed by atoms with E-state index in [0.717, 1.165) is 18.8 Å². The minimum absolute atomic E-state index is 0.288. The van der Waals surface area contributed by atoms with E-state index in [1.807, 2.05) is 19.1 Å². The van der Waals surface area contributed by atoms with Gasteiger partial charge in [0.1, 0.15) is 5.75 Å². The number of aromatic nitrogens is 2. The molecule has 3 rings (SSSR count). The number of ether oxygens (including phenoxy) is 1. The predicted molar refractivity (Wildman–Crippen MR) is 74.7 cm³/mol. The highest BCUT2D eigenvalue weighted by Gasteiger charge is 2.28. The summed E-state index contributed by atoms with van der Waals surface area (Å²) in [5.41, 5.74) is 1.27. The summed E-state index contributed by atoms with van der Waals surface area (Å²) >= 11 is 0. The van der Waals surface area contributed by atoms with Crippen LogP contribution < -0.4 is 10.1 Å². The average molecular weight is 273 g/mol. The molecule has 0 fully saturated rings. The Balaban J connectivity index is 1.61. The first-order valence-electron chi connectivity index (χ1n) is 7.04. The van der Waals surface area contributed by atoms with E-state index in [0.29, 0.717) is 24.2 Å². The van der Waals surface area contributed by atoms with Crippen molar-refractivity contribution in [2.45, 2.75) is 38.8 Å². The summed E-state index contributed by atoms with van der Waals surface area (Å²) in [6, 6.07) is 8.50. The van der Waals surface area contributed by atoms with Gasteiger partial charge in [0.2, 0.25) is 11.8 Å². The van der Waals surface area contributed by atoms with Crippen molar-refractivity contribution in [2.24, 2.45) is 0 Å². The van der Waals surface area contributed by atoms with E-state index in [-0.39, 0.29) is 6.04 Å². The molecule has 5 nitrogen and oxygen atoms in total. The Kier molecular flexibility index (Phi) is 3.69. The molecule has 0 unspecified atom stereocenters. The summed E-state index contributed by atoms with van der Waals surface area (Å²) in [4.78, 5) is 0. The normalized spacial score (nSPS) is 18.6. The van der Waals surface area contributed by atoms with Crippen LogP contribution >= 0.6 is 0 Å². The molecule has 1 aliphatic rings. The quantitative estimate of drug-likeness (QED) is 0.905. The lowest BCUT2D eigenvalue weighted by Crippen LogP contribution is -2.32. The van der Waals surface area contributed by atoms with Crippen molar-refractivity contribution in [1.82, 2.24) is 15.5 Å². The second kappa shape index (κ2) is 5.63. The van der Waals surface area contributed by atoms with Gasteiger partial charge in [-0.1, -0.05) is 25.1 Å². The van der Waals surface area contributed by atoms with Crippen LogP contribution in [0.2, 0.25) is 0 Å². The highest BCUT2D eigenvalue weighted by Crippen LogP contribution is 2.35. The number of nitrogens with zero attached hydrogens (tertiary/aromatic N) is 2. The number of benzene rings is 1. The third kappa shape index (κ3) is 2.54. The first-order chi connectivity index (χ1) is 9.78. The van der Waals surface area contributed by atoms with Crippen LogP contribution in [0.3, 0.4) is 0 Å². The molecule has 1 aliphatic heterocycles. The van der Waals surface area contributed by atoms with Crippen molar-refractivity contribution < 1.29 is 9.15 Å². The molecule has 5 heteroatoms. The van der Waals surface area contributed by atoms with Crippen molar-refractivity contribution in [3.05, 3.63) is 41.6 Å². The largest absolute Gasteiger partial charge is 0.493 e. The fourth-order valence-electron chi connectivity index (χ4n) is 2.49. The monoisotopic (exact) mass is 273 g/mol. The minimum atomic E-state index is 0.288. The molecule has 0 radical (unpaired) electrons. The summed E-state index contributed by atoms with van der Waals surface area (Å²) < 4.78 is 11.2. The predicted octanol–water partition coefficient (Wildman–Crippen LogP) is 2.29. The third-order valence-corrected chi connectivity index (χ3v) is 3.73. The van der Waals surface area contributed by atoms with E-state index in [2.05, 4.69) is 34.6 Å². The molecule has 0 spiro atoms. The Bertz CT molecular complexity index is 582. The van der Waals surface area contributed by atoms with Crippen molar-refractivity contribution in [2.75, 3.05) is 6.61 Å². The summed E-state index contributed by atoms with van der Waals surface area (Å²) in [5.74, 6) is 2.68. The van der Waals surface area contributed by atoms with Gasteiger partial charge in [-0.3, -0.25) is 0 Å². The standard InChI is InChI=1S/C15H19N3O2/c1-3-14-17-18-15(20-14)8-16-10(2)12-9-19-13-7-5-4-6-11(12)13/h4-7,10,12,16H,3,8-9H2,1-2H3/t10-,12-/m1/s1. The smallest absolute Gasteiger partial charge is 0.230 e. The number of aryl methyl sites for hydroxylation is 1. The number of rotatable bonds is 5. The van der Waals surface area contributed by atoms with Gasteiger partial charge in [-0.05, 0) is 13.0 Å². The molecule has 0 saturated heterocycles. The first-order valence-corrected chi connectivity index (χ1v) is 7.04. The van der Waals surface area contributed by atoms with Crippen molar-refractivity contribution >= 4 is 0 Å². The topological polar surface area (TPSA) is 60.2 Å². The number of hydrogen-bond acceptors (Lipinski definition) is 5. The molecule has 2 aromatic rings. The van der Waals surface area contributed by atoms with E-state index < -0.39 is 0 Å². The summed E-state index contributed by atoms with van der Waals surface area (Å²) in [5, 5.41) is 11.4. The molecule has 1 aromatic heterocycles. The summed E-state index contributed by atoms with van der Waals surface area (Å²) in [6.07, 6.45) is 0.770. The zero-order valence-corrected chi connectivity index (χ0v) is 11.8. The second-order valence-corrected chi connectivity index (χ2v) is 5.07. The maximum atomic E-state index is 5.71. The van der Waals surface area contributed by atoms with E-state index in [1.165, 1.54) is 5.56 Å². The Morgan fingerprint density at radius 3 is 2.90 bits per heavy atom. The van der Waals surface area contributed by atoms with Gasteiger partial charge in [-0.25, -0.2) is 0 Å². The van der Waals surface area contributed by atoms with Gasteiger partial charge in [0.05, 0.1) is 13.2 Å². The van der Waals surface area contributed by atoms with Crippen LogP contribution in [0.1, 0.15) is 37.1 Å². The Morgan fingerprint density at radius 1 is 1.30 bits per heavy atom. The SMILES string of the molecule is CCc1nnc(CN[C@H](C)[C@H]2COc3ccccc32)o1. The molecular formula is C15H19N3O2. The van der Waals surface area contributed by atoms with Crippen LogP contribution in [0.5, 0.6) is 5.75 Å². The molecule has 0 bridgehead atoms. The lowest BCUT2D eigenvalue weighted by atomic mass is 9.94. The van der Waals surface area contributed by atoms with Crippen LogP contribution in [0.25, 0.3) is 0 Å². The molecule has 0 saturated carbocycles. The fraction of sp³-hybridized carbons (Fsp3) is 0.467. The van der Waals surface area contributed by atoms with Gasteiger partial charge >= 0.3 is 0 Å². The zero-order valence-electron chi connectivity index (χ0n) is 11.8. The molecule has 106 valence electrons. The number of nitrogens with one attached hydrogen (secondary N) is 1.